The summed E-state index contributed by atoms with van der Waals surface area (Å²) in [7, 11) is 0. The highest BCUT2D eigenvalue weighted by Crippen LogP contribution is 2.04. The monoisotopic (exact) mass is 287 g/mol. The fraction of sp³-hybridized carbons (Fsp3) is 0.857. The van der Waals surface area contributed by atoms with Gasteiger partial charge < -0.3 is 20.6 Å². The van der Waals surface area contributed by atoms with Crippen LogP contribution in [0, 0.1) is 5.92 Å². The Balaban J connectivity index is 3.84. The van der Waals surface area contributed by atoms with Crippen LogP contribution in [-0.2, 0) is 4.79 Å². The Morgan fingerprint density at radius 2 is 1.80 bits per heavy atom. The maximum absolute atomic E-state index is 11.6. The van der Waals surface area contributed by atoms with Gasteiger partial charge in [-0.3, -0.25) is 4.79 Å². The minimum absolute atomic E-state index is 0.182. The van der Waals surface area contributed by atoms with Crippen molar-refractivity contribution in [3.8, 4) is 0 Å². The van der Waals surface area contributed by atoms with Gasteiger partial charge >= 0.3 is 12.0 Å². The van der Waals surface area contributed by atoms with Gasteiger partial charge in [0.25, 0.3) is 0 Å². The Labute approximate surface area is 121 Å². The molecule has 20 heavy (non-hydrogen) atoms. The average molecular weight is 287 g/mol. The molecule has 0 aliphatic carbocycles. The predicted octanol–water partition coefficient (Wildman–Crippen LogP) is 1.52. The third kappa shape index (κ3) is 8.74. The minimum Gasteiger partial charge on any atom is -0.481 e. The first-order valence-corrected chi connectivity index (χ1v) is 7.51. The lowest BCUT2D eigenvalue weighted by Gasteiger charge is -2.19. The first-order valence-electron chi connectivity index (χ1n) is 7.51. The molecule has 0 aromatic heterocycles. The number of hydrogen-bond acceptors (Lipinski definition) is 3. The van der Waals surface area contributed by atoms with Gasteiger partial charge in [0.2, 0.25) is 0 Å². The molecule has 0 saturated carbocycles. The van der Waals surface area contributed by atoms with Crippen molar-refractivity contribution in [3.05, 3.63) is 0 Å². The molecule has 2 amide bonds. The van der Waals surface area contributed by atoms with Crippen molar-refractivity contribution in [1.82, 2.24) is 15.5 Å². The molecule has 0 heterocycles. The lowest BCUT2D eigenvalue weighted by molar-refractivity contribution is -0.141. The fourth-order valence-electron chi connectivity index (χ4n) is 2.01. The third-order valence-corrected chi connectivity index (χ3v) is 3.20. The molecule has 1 atom stereocenters. The molecule has 0 spiro atoms. The number of nitrogens with one attached hydrogen (secondary N) is 2. The van der Waals surface area contributed by atoms with Crippen LogP contribution < -0.4 is 10.6 Å². The second kappa shape index (κ2) is 11.5. The highest BCUT2D eigenvalue weighted by molar-refractivity contribution is 5.75. The summed E-state index contributed by atoms with van der Waals surface area (Å²) in [6.07, 6.45) is 2.47. The summed E-state index contributed by atoms with van der Waals surface area (Å²) < 4.78 is 0. The van der Waals surface area contributed by atoms with Crippen LogP contribution in [0.2, 0.25) is 0 Å². The van der Waals surface area contributed by atoms with Crippen LogP contribution in [0.5, 0.6) is 0 Å². The Kier molecular flexibility index (Phi) is 10.8. The summed E-state index contributed by atoms with van der Waals surface area (Å²) in [6, 6.07) is -0.292. The molecule has 0 rings (SSSR count). The molecule has 0 aromatic rings. The highest BCUT2D eigenvalue weighted by atomic mass is 16.4. The number of carbonyl (C=O) groups is 2. The van der Waals surface area contributed by atoms with E-state index in [1.807, 2.05) is 6.92 Å². The lowest BCUT2D eigenvalue weighted by atomic mass is 10.0. The second-order valence-corrected chi connectivity index (χ2v) is 4.89. The van der Waals surface area contributed by atoms with Crippen LogP contribution in [0.15, 0.2) is 0 Å². The number of likely N-dealkylation sites (N-methyl/N-ethyl adjacent to an activating group) is 1. The number of urea groups is 1. The van der Waals surface area contributed by atoms with E-state index in [2.05, 4.69) is 29.4 Å². The summed E-state index contributed by atoms with van der Waals surface area (Å²) in [4.78, 5) is 24.8. The zero-order valence-electron chi connectivity index (χ0n) is 12.9. The molecule has 1 unspecified atom stereocenters. The largest absolute Gasteiger partial charge is 0.481 e. The van der Waals surface area contributed by atoms with Crippen molar-refractivity contribution in [2.75, 3.05) is 32.7 Å². The molecule has 118 valence electrons. The summed E-state index contributed by atoms with van der Waals surface area (Å²) in [5.41, 5.74) is 0. The number of nitrogens with zero attached hydrogens (tertiary/aromatic N) is 1. The molecular weight excluding hydrogens is 258 g/mol. The van der Waals surface area contributed by atoms with Gasteiger partial charge in [0.05, 0.1) is 5.92 Å². The van der Waals surface area contributed by atoms with Gasteiger partial charge in [-0.25, -0.2) is 4.79 Å². The molecule has 0 fully saturated rings. The molecule has 6 nitrogen and oxygen atoms in total. The van der Waals surface area contributed by atoms with Gasteiger partial charge in [-0.05, 0) is 25.9 Å². The molecule has 3 N–H and O–H groups in total. The molecule has 0 aliphatic rings. The quantitative estimate of drug-likeness (QED) is 0.538. The Morgan fingerprint density at radius 1 is 1.10 bits per heavy atom. The average Bonchev–Trinajstić information content (AvgIpc) is 2.42. The number of carboxylic acids is 1. The first kappa shape index (κ1) is 18.7. The highest BCUT2D eigenvalue weighted by Gasteiger charge is 2.16. The normalized spacial score (nSPS) is 12.2. The van der Waals surface area contributed by atoms with Gasteiger partial charge in [-0.2, -0.15) is 0 Å². The van der Waals surface area contributed by atoms with E-state index in [9.17, 15) is 9.59 Å². The molecule has 0 aromatic carbocycles. The zero-order chi connectivity index (χ0) is 15.4. The van der Waals surface area contributed by atoms with Gasteiger partial charge in [0.15, 0.2) is 0 Å². The maximum Gasteiger partial charge on any atom is 0.314 e. The van der Waals surface area contributed by atoms with E-state index in [-0.39, 0.29) is 12.6 Å². The van der Waals surface area contributed by atoms with Crippen molar-refractivity contribution < 1.29 is 14.7 Å². The van der Waals surface area contributed by atoms with Crippen LogP contribution in [0.3, 0.4) is 0 Å². The Hall–Kier alpha value is -1.30. The van der Waals surface area contributed by atoms with Crippen LogP contribution >= 0.6 is 0 Å². The van der Waals surface area contributed by atoms with Gasteiger partial charge in [-0.15, -0.1) is 0 Å². The summed E-state index contributed by atoms with van der Waals surface area (Å²) >= 11 is 0. The number of carbonyl (C=O) groups excluding carboxylic acids is 1. The van der Waals surface area contributed by atoms with Gasteiger partial charge in [0.1, 0.15) is 0 Å². The molecule has 0 radical (unpaired) electrons. The van der Waals surface area contributed by atoms with Crippen molar-refractivity contribution >= 4 is 12.0 Å². The SMILES string of the molecule is CCCC(CNC(=O)NCCN(CC)CCC)C(=O)O. The smallest absolute Gasteiger partial charge is 0.314 e. The van der Waals surface area contributed by atoms with E-state index in [0.29, 0.717) is 13.0 Å². The van der Waals surface area contributed by atoms with Crippen LogP contribution in [0.1, 0.15) is 40.0 Å². The van der Waals surface area contributed by atoms with Crippen molar-refractivity contribution in [2.24, 2.45) is 5.92 Å². The number of aliphatic carboxylic acids is 1. The zero-order valence-corrected chi connectivity index (χ0v) is 12.9. The molecule has 0 saturated heterocycles. The predicted molar refractivity (Wildman–Crippen MR) is 79.8 cm³/mol. The maximum atomic E-state index is 11.6. The molecule has 0 aliphatic heterocycles. The first-order chi connectivity index (χ1) is 9.54. The standard InChI is InChI=1S/C14H29N3O3/c1-4-7-12(13(18)19)11-16-14(20)15-8-10-17(6-3)9-5-2/h12H,4-11H2,1-3H3,(H,18,19)(H2,15,16,20). The van der Waals surface area contributed by atoms with Crippen LogP contribution in [0.4, 0.5) is 4.79 Å². The molecule has 6 heteroatoms. The second-order valence-electron chi connectivity index (χ2n) is 4.89. The summed E-state index contributed by atoms with van der Waals surface area (Å²) in [6.45, 7) is 9.72. The number of rotatable bonds is 11. The lowest BCUT2D eigenvalue weighted by Crippen LogP contribution is -2.43. The van der Waals surface area contributed by atoms with E-state index in [1.165, 1.54) is 0 Å². The number of hydrogen-bond donors (Lipinski definition) is 3. The molecule has 0 bridgehead atoms. The van der Waals surface area contributed by atoms with Crippen molar-refractivity contribution in [1.29, 1.82) is 0 Å². The minimum atomic E-state index is -0.854. The van der Waals surface area contributed by atoms with E-state index in [0.717, 1.165) is 32.5 Å². The van der Waals surface area contributed by atoms with Crippen molar-refractivity contribution in [3.63, 3.8) is 0 Å². The number of carboxylic acid groups (broad SMARTS) is 1. The van der Waals surface area contributed by atoms with E-state index >= 15 is 0 Å². The van der Waals surface area contributed by atoms with E-state index in [1.54, 1.807) is 0 Å². The summed E-state index contributed by atoms with van der Waals surface area (Å²) in [5, 5.41) is 14.4. The van der Waals surface area contributed by atoms with Crippen LogP contribution in [-0.4, -0.2) is 54.7 Å². The van der Waals surface area contributed by atoms with Crippen molar-refractivity contribution in [2.45, 2.75) is 40.0 Å². The molecular formula is C14H29N3O3. The van der Waals surface area contributed by atoms with Gasteiger partial charge in [-0.1, -0.05) is 27.2 Å². The Morgan fingerprint density at radius 3 is 2.30 bits per heavy atom. The summed E-state index contributed by atoms with van der Waals surface area (Å²) in [5.74, 6) is -1.36. The van der Waals surface area contributed by atoms with Crippen LogP contribution in [0.25, 0.3) is 0 Å². The van der Waals surface area contributed by atoms with E-state index < -0.39 is 11.9 Å². The van der Waals surface area contributed by atoms with Gasteiger partial charge in [0, 0.05) is 19.6 Å². The third-order valence-electron chi connectivity index (χ3n) is 3.20. The number of amides is 2. The Bertz CT molecular complexity index is 285. The van der Waals surface area contributed by atoms with E-state index in [4.69, 9.17) is 5.11 Å². The topological polar surface area (TPSA) is 81.7 Å². The fourth-order valence-corrected chi connectivity index (χ4v) is 2.01.